The van der Waals surface area contributed by atoms with Crippen LogP contribution < -0.4 is 5.32 Å². The molecule has 0 spiro atoms. The van der Waals surface area contributed by atoms with Crippen LogP contribution >= 0.6 is 15.9 Å². The van der Waals surface area contributed by atoms with Crippen molar-refractivity contribution in [1.82, 2.24) is 5.32 Å². The third-order valence-electron chi connectivity index (χ3n) is 4.18. The van der Waals surface area contributed by atoms with Gasteiger partial charge in [-0.15, -0.1) is 0 Å². The second-order valence-electron chi connectivity index (χ2n) is 5.35. The topological polar surface area (TPSA) is 12.0 Å². The van der Waals surface area contributed by atoms with Gasteiger partial charge in [-0.05, 0) is 70.6 Å². The minimum Gasteiger partial charge on any atom is -0.313 e. The first-order valence-corrected chi connectivity index (χ1v) is 7.68. The summed E-state index contributed by atoms with van der Waals surface area (Å²) in [5.74, 6) is 0.382. The van der Waals surface area contributed by atoms with Crippen molar-refractivity contribution >= 4 is 15.9 Å². The van der Waals surface area contributed by atoms with Crippen molar-refractivity contribution < 1.29 is 4.39 Å². The van der Waals surface area contributed by atoms with Crippen LogP contribution in [-0.2, 0) is 6.42 Å². The van der Waals surface area contributed by atoms with Crippen molar-refractivity contribution in [2.45, 2.75) is 24.8 Å². The predicted molar refractivity (Wildman–Crippen MR) is 83.4 cm³/mol. The van der Waals surface area contributed by atoms with Crippen LogP contribution in [0.5, 0.6) is 0 Å². The quantitative estimate of drug-likeness (QED) is 0.863. The molecule has 3 heteroatoms. The van der Waals surface area contributed by atoms with Crippen molar-refractivity contribution in [3.8, 4) is 0 Å². The molecule has 2 unspecified atom stereocenters. The molecule has 0 amide bonds. The third kappa shape index (κ3) is 2.52. The summed E-state index contributed by atoms with van der Waals surface area (Å²) in [6, 6.07) is 14.2. The van der Waals surface area contributed by atoms with E-state index in [1.807, 2.05) is 13.1 Å². The summed E-state index contributed by atoms with van der Waals surface area (Å²) in [5.41, 5.74) is 3.91. The summed E-state index contributed by atoms with van der Waals surface area (Å²) in [7, 11) is 1.94. The summed E-state index contributed by atoms with van der Waals surface area (Å²) in [6.07, 6.45) is 2.14. The van der Waals surface area contributed by atoms with Crippen LogP contribution in [0.2, 0.25) is 0 Å². The number of benzene rings is 2. The highest BCUT2D eigenvalue weighted by Crippen LogP contribution is 2.40. The first kappa shape index (κ1) is 13.8. The van der Waals surface area contributed by atoms with Crippen LogP contribution in [0.15, 0.2) is 46.9 Å². The van der Waals surface area contributed by atoms with Crippen molar-refractivity contribution in [2.24, 2.45) is 0 Å². The summed E-state index contributed by atoms with van der Waals surface area (Å²) < 4.78 is 14.2. The van der Waals surface area contributed by atoms with E-state index in [0.29, 0.717) is 10.4 Å². The van der Waals surface area contributed by atoms with Gasteiger partial charge < -0.3 is 5.32 Å². The summed E-state index contributed by atoms with van der Waals surface area (Å²) in [5, 5.41) is 3.31. The normalized spacial score (nSPS) is 18.2. The molecule has 0 saturated heterocycles. The van der Waals surface area contributed by atoms with Gasteiger partial charge >= 0.3 is 0 Å². The molecule has 2 aromatic rings. The maximum Gasteiger partial charge on any atom is 0.137 e. The smallest absolute Gasteiger partial charge is 0.137 e. The average Bonchev–Trinajstić information content (AvgIpc) is 2.44. The zero-order valence-electron chi connectivity index (χ0n) is 11.4. The maximum atomic E-state index is 13.7. The third-order valence-corrected chi connectivity index (χ3v) is 4.82. The van der Waals surface area contributed by atoms with E-state index in [1.54, 1.807) is 12.1 Å². The molecular weight excluding hydrogens is 317 g/mol. The first-order chi connectivity index (χ1) is 9.69. The van der Waals surface area contributed by atoms with Crippen LogP contribution in [0.1, 0.15) is 35.1 Å². The monoisotopic (exact) mass is 333 g/mol. The molecule has 0 radical (unpaired) electrons. The Hall–Kier alpha value is -1.19. The molecule has 2 atom stereocenters. The highest BCUT2D eigenvalue weighted by Gasteiger charge is 2.28. The fourth-order valence-electron chi connectivity index (χ4n) is 3.01. The summed E-state index contributed by atoms with van der Waals surface area (Å²) in [6.45, 7) is 0. The van der Waals surface area contributed by atoms with Crippen LogP contribution in [0, 0.1) is 5.82 Å². The number of fused-ring (bicyclic) bond motifs is 1. The van der Waals surface area contributed by atoms with Gasteiger partial charge in [0.05, 0.1) is 4.47 Å². The molecule has 3 rings (SSSR count). The Labute approximate surface area is 127 Å². The number of rotatable bonds is 4. The minimum atomic E-state index is -0.197. The van der Waals surface area contributed by atoms with E-state index in [1.165, 1.54) is 11.1 Å². The Morgan fingerprint density at radius 2 is 2.10 bits per heavy atom. The average molecular weight is 334 g/mol. The van der Waals surface area contributed by atoms with Crippen molar-refractivity contribution in [2.75, 3.05) is 7.05 Å². The molecule has 2 aromatic carbocycles. The Bertz CT molecular complexity index is 626. The first-order valence-electron chi connectivity index (χ1n) is 6.89. The van der Waals surface area contributed by atoms with Gasteiger partial charge in [0.15, 0.2) is 0 Å². The van der Waals surface area contributed by atoms with Crippen LogP contribution in [0.25, 0.3) is 0 Å². The lowest BCUT2D eigenvalue weighted by molar-refractivity contribution is 0.450. The highest BCUT2D eigenvalue weighted by atomic mass is 79.9. The molecule has 1 aliphatic rings. The predicted octanol–water partition coefficient (Wildman–Crippen LogP) is 4.58. The summed E-state index contributed by atoms with van der Waals surface area (Å²) >= 11 is 3.20. The van der Waals surface area contributed by atoms with Crippen molar-refractivity contribution in [3.05, 3.63) is 69.4 Å². The maximum absolute atomic E-state index is 13.7. The molecule has 20 heavy (non-hydrogen) atoms. The zero-order valence-corrected chi connectivity index (χ0v) is 13.0. The molecule has 1 aliphatic carbocycles. The molecule has 0 aromatic heterocycles. The van der Waals surface area contributed by atoms with Gasteiger partial charge in [-0.3, -0.25) is 0 Å². The van der Waals surface area contributed by atoms with Gasteiger partial charge in [-0.2, -0.15) is 0 Å². The lowest BCUT2D eigenvalue weighted by Crippen LogP contribution is -2.25. The van der Waals surface area contributed by atoms with E-state index in [9.17, 15) is 4.39 Å². The fourth-order valence-corrected chi connectivity index (χ4v) is 3.25. The molecule has 0 saturated carbocycles. The van der Waals surface area contributed by atoms with Gasteiger partial charge in [-0.25, -0.2) is 4.39 Å². The Morgan fingerprint density at radius 3 is 2.80 bits per heavy atom. The van der Waals surface area contributed by atoms with E-state index >= 15 is 0 Å². The minimum absolute atomic E-state index is 0.191. The molecule has 1 N–H and O–H groups in total. The number of hydrogen-bond donors (Lipinski definition) is 1. The Morgan fingerprint density at radius 1 is 1.30 bits per heavy atom. The molecule has 0 heterocycles. The zero-order chi connectivity index (χ0) is 14.1. The van der Waals surface area contributed by atoms with E-state index in [-0.39, 0.29) is 11.9 Å². The van der Waals surface area contributed by atoms with E-state index in [2.05, 4.69) is 45.5 Å². The molecule has 0 fully saturated rings. The summed E-state index contributed by atoms with van der Waals surface area (Å²) in [4.78, 5) is 0. The van der Waals surface area contributed by atoms with Crippen LogP contribution in [0.3, 0.4) is 0 Å². The lowest BCUT2D eigenvalue weighted by atomic mass is 9.74. The van der Waals surface area contributed by atoms with Gasteiger partial charge in [0.2, 0.25) is 0 Å². The second-order valence-corrected chi connectivity index (χ2v) is 6.20. The lowest BCUT2D eigenvalue weighted by Gasteiger charge is -2.33. The molecule has 0 aliphatic heterocycles. The molecular formula is C17H17BrFN. The van der Waals surface area contributed by atoms with Crippen LogP contribution in [0.4, 0.5) is 4.39 Å². The molecule has 104 valence electrons. The van der Waals surface area contributed by atoms with E-state index in [0.717, 1.165) is 18.4 Å². The molecule has 1 nitrogen and oxygen atoms in total. The van der Waals surface area contributed by atoms with Gasteiger partial charge in [0.25, 0.3) is 0 Å². The second kappa shape index (κ2) is 5.66. The molecule has 0 bridgehead atoms. The Kier molecular flexibility index (Phi) is 3.90. The van der Waals surface area contributed by atoms with Gasteiger partial charge in [0, 0.05) is 6.04 Å². The highest BCUT2D eigenvalue weighted by molar-refractivity contribution is 9.10. The Balaban J connectivity index is 1.77. The fraction of sp³-hybridized carbons (Fsp3) is 0.294. The van der Waals surface area contributed by atoms with Gasteiger partial charge in [0.1, 0.15) is 5.82 Å². The SMILES string of the molecule is CNC(CC1Cc2ccccc21)c1ccc(Br)c(F)c1. The number of halogens is 2. The van der Waals surface area contributed by atoms with E-state index < -0.39 is 0 Å². The number of hydrogen-bond acceptors (Lipinski definition) is 1. The van der Waals surface area contributed by atoms with Gasteiger partial charge in [-0.1, -0.05) is 30.3 Å². The van der Waals surface area contributed by atoms with Crippen LogP contribution in [-0.4, -0.2) is 7.05 Å². The standard InChI is InChI=1S/C17H17BrFN/c1-20-17(12-6-7-15(18)16(19)9-12)10-13-8-11-4-2-3-5-14(11)13/h2-7,9,13,17,20H,8,10H2,1H3. The van der Waals surface area contributed by atoms with Crippen molar-refractivity contribution in [1.29, 1.82) is 0 Å². The largest absolute Gasteiger partial charge is 0.313 e. The van der Waals surface area contributed by atoms with E-state index in [4.69, 9.17) is 0 Å². The number of nitrogens with one attached hydrogen (secondary N) is 1. The van der Waals surface area contributed by atoms with Crippen molar-refractivity contribution in [3.63, 3.8) is 0 Å².